The summed E-state index contributed by atoms with van der Waals surface area (Å²) in [5.41, 5.74) is 7.58. The normalized spacial score (nSPS) is 17.4. The molecule has 8 heteroatoms. The summed E-state index contributed by atoms with van der Waals surface area (Å²) >= 11 is 0. The molecule has 3 N–H and O–H groups in total. The van der Waals surface area contributed by atoms with E-state index in [-0.39, 0.29) is 65.4 Å². The fourth-order valence-corrected chi connectivity index (χ4v) is 2.41. The largest absolute Gasteiger partial charge is 0.368 e. The van der Waals surface area contributed by atoms with E-state index in [1.807, 2.05) is 6.21 Å². The van der Waals surface area contributed by atoms with E-state index in [2.05, 4.69) is 40.4 Å². The summed E-state index contributed by atoms with van der Waals surface area (Å²) in [5.74, 6) is 1.43. The van der Waals surface area contributed by atoms with Crippen LogP contribution in [0.25, 0.3) is 0 Å². The minimum atomic E-state index is 0. The standard InChI is InChI=1S/C11H15N5.C4H9P.2Y/c1-2-6-5-13-9-8(6)15-11(12)16-10(9)14-7-3-4-7;1-3-4-5-2;;/h5-7H,2-4H2,1H3,(H3,12,14,15,16);2-4H2,1H3;;. The minimum Gasteiger partial charge on any atom is -0.368 e. The first kappa shape index (κ1) is 23.7. The van der Waals surface area contributed by atoms with Crippen molar-refractivity contribution in [2.45, 2.75) is 51.5 Å². The Morgan fingerprint density at radius 2 is 2.00 bits per heavy atom. The van der Waals surface area contributed by atoms with Gasteiger partial charge in [-0.15, -0.1) is 8.20 Å². The second-order valence-electron chi connectivity index (χ2n) is 5.32. The molecule has 0 saturated heterocycles. The SMILES string of the molecule is C=PCCC.CCC1C=Nc2c(NC3CC3)nc(N)nc21.[Y].[Y]. The molecule has 1 aliphatic carbocycles. The summed E-state index contributed by atoms with van der Waals surface area (Å²) in [7, 11) is 1.28. The molecule has 0 bridgehead atoms. The number of nitrogens with one attached hydrogen (secondary N) is 1. The van der Waals surface area contributed by atoms with E-state index in [1.165, 1.54) is 33.6 Å². The van der Waals surface area contributed by atoms with Gasteiger partial charge >= 0.3 is 0 Å². The van der Waals surface area contributed by atoms with Crippen molar-refractivity contribution in [2.24, 2.45) is 4.99 Å². The third kappa shape index (κ3) is 7.24. The van der Waals surface area contributed by atoms with Gasteiger partial charge in [0.05, 0.1) is 5.69 Å². The maximum absolute atomic E-state index is 5.73. The van der Waals surface area contributed by atoms with Crippen molar-refractivity contribution in [2.75, 3.05) is 17.2 Å². The van der Waals surface area contributed by atoms with Crippen LogP contribution in [-0.4, -0.2) is 34.7 Å². The zero-order valence-corrected chi connectivity index (χ0v) is 20.6. The number of hydrogen-bond acceptors (Lipinski definition) is 5. The van der Waals surface area contributed by atoms with Crippen LogP contribution in [0.3, 0.4) is 0 Å². The van der Waals surface area contributed by atoms with E-state index < -0.39 is 0 Å². The van der Waals surface area contributed by atoms with Crippen LogP contribution >= 0.6 is 8.20 Å². The molecular formula is C15H24N5PY2. The summed E-state index contributed by atoms with van der Waals surface area (Å²) in [5, 5.41) is 3.36. The molecule has 0 amide bonds. The Morgan fingerprint density at radius 3 is 2.48 bits per heavy atom. The Kier molecular flexibility index (Phi) is 12.5. The number of aliphatic imine (C=N–C) groups is 1. The monoisotopic (exact) mass is 483 g/mol. The smallest absolute Gasteiger partial charge is 0.222 e. The van der Waals surface area contributed by atoms with E-state index in [4.69, 9.17) is 5.73 Å². The number of aromatic nitrogens is 2. The zero-order chi connectivity index (χ0) is 15.2. The Hall–Kier alpha value is 0.728. The molecule has 1 aliphatic heterocycles. The molecule has 2 radical (unpaired) electrons. The second kappa shape index (κ2) is 12.1. The van der Waals surface area contributed by atoms with Gasteiger partial charge in [-0.2, -0.15) is 4.98 Å². The van der Waals surface area contributed by atoms with Gasteiger partial charge < -0.3 is 11.1 Å². The van der Waals surface area contributed by atoms with Crippen LogP contribution in [0.2, 0.25) is 0 Å². The van der Waals surface area contributed by atoms with Crippen molar-refractivity contribution in [3.05, 3.63) is 5.69 Å². The van der Waals surface area contributed by atoms with E-state index >= 15 is 0 Å². The second-order valence-corrected chi connectivity index (χ2v) is 6.22. The van der Waals surface area contributed by atoms with Crippen LogP contribution < -0.4 is 11.1 Å². The zero-order valence-electron chi connectivity index (χ0n) is 14.0. The number of nitrogens with two attached hydrogens (primary N) is 1. The maximum atomic E-state index is 5.73. The first-order chi connectivity index (χ1) is 10.2. The Balaban J connectivity index is 0.000000615. The van der Waals surface area contributed by atoms with Crippen LogP contribution in [0, 0.1) is 0 Å². The molecule has 23 heavy (non-hydrogen) atoms. The van der Waals surface area contributed by atoms with E-state index in [0.29, 0.717) is 17.9 Å². The Morgan fingerprint density at radius 1 is 1.30 bits per heavy atom. The predicted molar refractivity (Wildman–Crippen MR) is 93.5 cm³/mol. The first-order valence-corrected chi connectivity index (χ1v) is 8.86. The number of rotatable bonds is 5. The van der Waals surface area contributed by atoms with Crippen molar-refractivity contribution in [3.63, 3.8) is 0 Å². The van der Waals surface area contributed by atoms with Crippen LogP contribution in [0.4, 0.5) is 17.5 Å². The van der Waals surface area contributed by atoms with Crippen molar-refractivity contribution in [1.29, 1.82) is 0 Å². The van der Waals surface area contributed by atoms with Crippen LogP contribution in [0.15, 0.2) is 4.99 Å². The third-order valence-electron chi connectivity index (χ3n) is 3.40. The quantitative estimate of drug-likeness (QED) is 0.628. The number of nitrogens with zero attached hydrogens (tertiary/aromatic N) is 3. The summed E-state index contributed by atoms with van der Waals surface area (Å²) in [6.07, 6.45) is 11.5. The predicted octanol–water partition coefficient (Wildman–Crippen LogP) is 3.61. The van der Waals surface area contributed by atoms with Crippen molar-refractivity contribution < 1.29 is 65.4 Å². The molecule has 0 aromatic carbocycles. The fourth-order valence-electron chi connectivity index (χ4n) is 2.09. The van der Waals surface area contributed by atoms with Crippen molar-refractivity contribution in [1.82, 2.24) is 9.97 Å². The maximum Gasteiger partial charge on any atom is 0.222 e. The van der Waals surface area contributed by atoms with Crippen molar-refractivity contribution in [3.8, 4) is 0 Å². The van der Waals surface area contributed by atoms with Crippen LogP contribution in [0.5, 0.6) is 0 Å². The van der Waals surface area contributed by atoms with Gasteiger partial charge in [0, 0.05) is 83.6 Å². The fraction of sp³-hybridized carbons (Fsp3) is 0.600. The number of fused-ring (bicyclic) bond motifs is 1. The Labute approximate surface area is 191 Å². The molecule has 1 unspecified atom stereocenters. The topological polar surface area (TPSA) is 76.2 Å². The molecule has 2 heterocycles. The van der Waals surface area contributed by atoms with Gasteiger partial charge in [-0.3, -0.25) is 4.99 Å². The van der Waals surface area contributed by atoms with Gasteiger partial charge in [0.15, 0.2) is 5.82 Å². The molecule has 5 nitrogen and oxygen atoms in total. The minimum absolute atomic E-state index is 0. The average Bonchev–Trinajstić information content (AvgIpc) is 3.18. The van der Waals surface area contributed by atoms with Gasteiger partial charge in [-0.05, 0) is 31.8 Å². The molecule has 2 aliphatic rings. The summed E-state index contributed by atoms with van der Waals surface area (Å²) in [6, 6.07) is 0.550. The molecule has 3 rings (SSSR count). The summed E-state index contributed by atoms with van der Waals surface area (Å²) in [4.78, 5) is 12.9. The molecule has 120 valence electrons. The molecule has 1 saturated carbocycles. The molecular weight excluding hydrogens is 459 g/mol. The number of nitrogen functional groups attached to an aromatic ring is 1. The molecule has 0 spiro atoms. The van der Waals surface area contributed by atoms with Crippen LogP contribution in [-0.2, 0) is 65.4 Å². The van der Waals surface area contributed by atoms with Crippen LogP contribution in [0.1, 0.15) is 51.1 Å². The molecule has 1 aromatic rings. The summed E-state index contributed by atoms with van der Waals surface area (Å²) in [6.45, 7) is 4.29. The van der Waals surface area contributed by atoms with E-state index in [0.717, 1.165) is 23.6 Å². The van der Waals surface area contributed by atoms with Gasteiger partial charge in [-0.1, -0.05) is 20.1 Å². The molecule has 1 aromatic heterocycles. The first-order valence-electron chi connectivity index (χ1n) is 7.60. The van der Waals surface area contributed by atoms with E-state index in [9.17, 15) is 0 Å². The van der Waals surface area contributed by atoms with Gasteiger partial charge in [0.2, 0.25) is 5.95 Å². The number of anilines is 2. The van der Waals surface area contributed by atoms with Crippen molar-refractivity contribution >= 4 is 38.2 Å². The Bertz CT molecular complexity index is 535. The van der Waals surface area contributed by atoms with Gasteiger partial charge in [-0.25, -0.2) is 4.98 Å². The van der Waals surface area contributed by atoms with Gasteiger partial charge in [0.1, 0.15) is 5.69 Å². The average molecular weight is 483 g/mol. The van der Waals surface area contributed by atoms with Gasteiger partial charge in [0.25, 0.3) is 0 Å². The third-order valence-corrected chi connectivity index (χ3v) is 4.17. The molecule has 1 fully saturated rings. The summed E-state index contributed by atoms with van der Waals surface area (Å²) < 4.78 is 0. The number of hydrogen-bond donors (Lipinski definition) is 2. The molecule has 1 atom stereocenters. The van der Waals surface area contributed by atoms with E-state index in [1.54, 1.807) is 0 Å².